The van der Waals surface area contributed by atoms with Gasteiger partial charge in [0.2, 0.25) is 0 Å². The minimum absolute atomic E-state index is 0.296. The van der Waals surface area contributed by atoms with Crippen LogP contribution >= 0.6 is 15.9 Å². The number of carbonyl (C=O) groups is 1. The van der Waals surface area contributed by atoms with Gasteiger partial charge in [-0.2, -0.15) is 5.26 Å². The molecule has 1 heterocycles. The molecule has 0 fully saturated rings. The summed E-state index contributed by atoms with van der Waals surface area (Å²) < 4.78 is 0.593. The maximum Gasteiger partial charge on any atom is 0.271 e. The first-order chi connectivity index (χ1) is 7.50. The summed E-state index contributed by atoms with van der Waals surface area (Å²) >= 11 is 3.19. The molecule has 1 rings (SSSR count). The largest absolute Gasteiger partial charge is 0.333 e. The summed E-state index contributed by atoms with van der Waals surface area (Å²) in [6.07, 6.45) is 0.545. The van der Waals surface area contributed by atoms with Gasteiger partial charge in [-0.05, 0) is 41.4 Å². The number of nitrogens with one attached hydrogen (secondary N) is 1. The van der Waals surface area contributed by atoms with Gasteiger partial charge in [0, 0.05) is 0 Å². The fraction of sp³-hybridized carbons (Fsp3) is 0.364. The Morgan fingerprint density at radius 3 is 2.88 bits per heavy atom. The van der Waals surface area contributed by atoms with E-state index in [9.17, 15) is 4.79 Å². The molecule has 1 atom stereocenters. The molecular formula is C11H12BrN3O. The molecule has 0 aliphatic heterocycles. The van der Waals surface area contributed by atoms with Crippen LogP contribution in [0.5, 0.6) is 0 Å². The fourth-order valence-electron chi connectivity index (χ4n) is 1.04. The molecule has 0 saturated carbocycles. The van der Waals surface area contributed by atoms with Crippen LogP contribution < -0.4 is 5.32 Å². The smallest absolute Gasteiger partial charge is 0.271 e. The van der Waals surface area contributed by atoms with Crippen LogP contribution in [-0.2, 0) is 0 Å². The van der Waals surface area contributed by atoms with Crippen molar-refractivity contribution in [2.75, 3.05) is 0 Å². The minimum atomic E-state index is -0.846. The van der Waals surface area contributed by atoms with Crippen molar-refractivity contribution in [3.05, 3.63) is 28.5 Å². The molecule has 1 aromatic rings. The van der Waals surface area contributed by atoms with E-state index < -0.39 is 5.54 Å². The van der Waals surface area contributed by atoms with E-state index in [0.29, 0.717) is 16.7 Å². The summed E-state index contributed by atoms with van der Waals surface area (Å²) in [5.41, 5.74) is -0.551. The lowest BCUT2D eigenvalue weighted by molar-refractivity contribution is 0.0917. The Kier molecular flexibility index (Phi) is 4.02. The van der Waals surface area contributed by atoms with E-state index >= 15 is 0 Å². The maximum absolute atomic E-state index is 11.8. The minimum Gasteiger partial charge on any atom is -0.333 e. The predicted molar refractivity (Wildman–Crippen MR) is 63.7 cm³/mol. The Hall–Kier alpha value is -1.41. The molecule has 0 bridgehead atoms. The van der Waals surface area contributed by atoms with E-state index in [1.807, 2.05) is 6.92 Å². The van der Waals surface area contributed by atoms with E-state index in [4.69, 9.17) is 5.26 Å². The number of nitrogens with zero attached hydrogens (tertiary/aromatic N) is 2. The van der Waals surface area contributed by atoms with E-state index in [2.05, 4.69) is 32.3 Å². The van der Waals surface area contributed by atoms with Gasteiger partial charge in [-0.25, -0.2) is 4.98 Å². The second-order valence-electron chi connectivity index (χ2n) is 3.60. The Morgan fingerprint density at radius 2 is 2.38 bits per heavy atom. The third-order valence-electron chi connectivity index (χ3n) is 2.29. The van der Waals surface area contributed by atoms with Crippen LogP contribution in [0, 0.1) is 11.3 Å². The number of amides is 1. The summed E-state index contributed by atoms with van der Waals surface area (Å²) in [4.78, 5) is 15.8. The number of carbonyl (C=O) groups excluding carboxylic acids is 1. The van der Waals surface area contributed by atoms with Crippen LogP contribution in [0.15, 0.2) is 22.8 Å². The summed E-state index contributed by atoms with van der Waals surface area (Å²) in [5, 5.41) is 11.6. The SMILES string of the molecule is CCC(C)(C#N)NC(=O)c1cccc(Br)n1. The molecule has 4 nitrogen and oxygen atoms in total. The average Bonchev–Trinajstić information content (AvgIpc) is 2.29. The molecule has 0 radical (unpaired) electrons. The van der Waals surface area contributed by atoms with Gasteiger partial charge in [-0.15, -0.1) is 0 Å². The predicted octanol–water partition coefficient (Wildman–Crippen LogP) is 2.27. The molecule has 0 aromatic carbocycles. The van der Waals surface area contributed by atoms with Gasteiger partial charge in [0.05, 0.1) is 6.07 Å². The van der Waals surface area contributed by atoms with Gasteiger partial charge >= 0.3 is 0 Å². The highest BCUT2D eigenvalue weighted by Crippen LogP contribution is 2.10. The number of halogens is 1. The van der Waals surface area contributed by atoms with E-state index in [-0.39, 0.29) is 5.91 Å². The van der Waals surface area contributed by atoms with Crippen molar-refractivity contribution in [1.82, 2.24) is 10.3 Å². The highest BCUT2D eigenvalue weighted by Gasteiger charge is 2.24. The maximum atomic E-state index is 11.8. The standard InChI is InChI=1S/C11H12BrN3O/c1-3-11(2,7-13)15-10(16)8-5-4-6-9(12)14-8/h4-6H,3H2,1-2H3,(H,15,16). The van der Waals surface area contributed by atoms with Crippen molar-refractivity contribution in [3.63, 3.8) is 0 Å². The topological polar surface area (TPSA) is 65.8 Å². The molecule has 1 aromatic heterocycles. The molecular weight excluding hydrogens is 270 g/mol. The lowest BCUT2D eigenvalue weighted by atomic mass is 10.0. The van der Waals surface area contributed by atoms with Gasteiger partial charge in [-0.3, -0.25) is 4.79 Å². The quantitative estimate of drug-likeness (QED) is 0.865. The lowest BCUT2D eigenvalue weighted by Crippen LogP contribution is -2.44. The van der Waals surface area contributed by atoms with E-state index in [0.717, 1.165) is 0 Å². The number of nitriles is 1. The van der Waals surface area contributed by atoms with Crippen molar-refractivity contribution in [1.29, 1.82) is 5.26 Å². The molecule has 0 aliphatic rings. The van der Waals surface area contributed by atoms with Gasteiger partial charge < -0.3 is 5.32 Å². The van der Waals surface area contributed by atoms with Crippen LogP contribution in [-0.4, -0.2) is 16.4 Å². The molecule has 0 aliphatic carbocycles. The molecule has 1 N–H and O–H groups in total. The van der Waals surface area contributed by atoms with Crippen LogP contribution in [0.3, 0.4) is 0 Å². The number of hydrogen-bond donors (Lipinski definition) is 1. The second-order valence-corrected chi connectivity index (χ2v) is 4.41. The summed E-state index contributed by atoms with van der Waals surface area (Å²) in [6.45, 7) is 3.53. The molecule has 84 valence electrons. The first kappa shape index (κ1) is 12.7. The summed E-state index contributed by atoms with van der Waals surface area (Å²) in [7, 11) is 0. The zero-order valence-electron chi connectivity index (χ0n) is 9.12. The second kappa shape index (κ2) is 5.08. The first-order valence-corrected chi connectivity index (χ1v) is 5.66. The van der Waals surface area contributed by atoms with E-state index in [1.54, 1.807) is 25.1 Å². The van der Waals surface area contributed by atoms with Crippen LogP contribution in [0.1, 0.15) is 30.8 Å². The fourth-order valence-corrected chi connectivity index (χ4v) is 1.39. The molecule has 16 heavy (non-hydrogen) atoms. The molecule has 0 saturated heterocycles. The van der Waals surface area contributed by atoms with Crippen molar-refractivity contribution < 1.29 is 4.79 Å². The monoisotopic (exact) mass is 281 g/mol. The Labute approximate surface area is 103 Å². The first-order valence-electron chi connectivity index (χ1n) is 4.87. The molecule has 1 unspecified atom stereocenters. The van der Waals surface area contributed by atoms with Crippen molar-refractivity contribution in [2.24, 2.45) is 0 Å². The third kappa shape index (κ3) is 3.04. The molecule has 0 spiro atoms. The Bertz CT molecular complexity index is 441. The third-order valence-corrected chi connectivity index (χ3v) is 2.73. The Morgan fingerprint density at radius 1 is 1.69 bits per heavy atom. The van der Waals surface area contributed by atoms with Gasteiger partial charge in [-0.1, -0.05) is 13.0 Å². The van der Waals surface area contributed by atoms with Crippen LogP contribution in [0.4, 0.5) is 0 Å². The van der Waals surface area contributed by atoms with Gasteiger partial charge in [0.1, 0.15) is 15.8 Å². The molecule has 1 amide bonds. The summed E-state index contributed by atoms with van der Waals surface area (Å²) in [6, 6.07) is 7.14. The highest BCUT2D eigenvalue weighted by atomic mass is 79.9. The average molecular weight is 282 g/mol. The molecule has 5 heteroatoms. The summed E-state index contributed by atoms with van der Waals surface area (Å²) in [5.74, 6) is -0.341. The van der Waals surface area contributed by atoms with Crippen molar-refractivity contribution in [3.8, 4) is 6.07 Å². The number of rotatable bonds is 3. The zero-order chi connectivity index (χ0) is 12.2. The van der Waals surface area contributed by atoms with Crippen LogP contribution in [0.2, 0.25) is 0 Å². The van der Waals surface area contributed by atoms with Crippen molar-refractivity contribution in [2.45, 2.75) is 25.8 Å². The Balaban J connectivity index is 2.85. The highest BCUT2D eigenvalue weighted by molar-refractivity contribution is 9.10. The number of pyridine rings is 1. The van der Waals surface area contributed by atoms with Crippen LogP contribution in [0.25, 0.3) is 0 Å². The normalized spacial score (nSPS) is 13.6. The van der Waals surface area contributed by atoms with Gasteiger partial charge in [0.15, 0.2) is 0 Å². The number of aromatic nitrogens is 1. The lowest BCUT2D eigenvalue weighted by Gasteiger charge is -2.20. The van der Waals surface area contributed by atoms with E-state index in [1.165, 1.54) is 0 Å². The van der Waals surface area contributed by atoms with Crippen molar-refractivity contribution >= 4 is 21.8 Å². The zero-order valence-corrected chi connectivity index (χ0v) is 10.7. The number of hydrogen-bond acceptors (Lipinski definition) is 3. The van der Waals surface area contributed by atoms with Gasteiger partial charge in [0.25, 0.3) is 5.91 Å².